The van der Waals surface area contributed by atoms with Crippen molar-refractivity contribution >= 4 is 28.3 Å². The quantitative estimate of drug-likeness (QED) is 0.725. The Kier molecular flexibility index (Phi) is 6.10. The van der Waals surface area contributed by atoms with Gasteiger partial charge in [-0.15, -0.1) is 11.3 Å². The van der Waals surface area contributed by atoms with E-state index in [4.69, 9.17) is 4.74 Å². The van der Waals surface area contributed by atoms with E-state index < -0.39 is 0 Å². The summed E-state index contributed by atoms with van der Waals surface area (Å²) in [6, 6.07) is 8.13. The van der Waals surface area contributed by atoms with Crippen LogP contribution in [-0.4, -0.2) is 66.4 Å². The molecule has 0 unspecified atom stereocenters. The van der Waals surface area contributed by atoms with Crippen LogP contribution >= 0.6 is 11.3 Å². The van der Waals surface area contributed by atoms with Crippen LogP contribution < -0.4 is 9.64 Å². The lowest BCUT2D eigenvalue weighted by atomic mass is 10.2. The Balaban J connectivity index is 1.25. The van der Waals surface area contributed by atoms with Crippen LogP contribution in [-0.2, 0) is 22.6 Å². The van der Waals surface area contributed by atoms with Gasteiger partial charge in [0.2, 0.25) is 11.8 Å². The molecule has 2 aliphatic heterocycles. The van der Waals surface area contributed by atoms with Crippen molar-refractivity contribution in [3.8, 4) is 5.75 Å². The predicted octanol–water partition coefficient (Wildman–Crippen LogP) is 2.17. The lowest BCUT2D eigenvalue weighted by molar-refractivity contribution is -0.132. The molecule has 2 aliphatic rings. The maximum absolute atomic E-state index is 12.7. The van der Waals surface area contributed by atoms with Crippen LogP contribution in [0.1, 0.15) is 24.1 Å². The minimum atomic E-state index is 0.110. The molecule has 1 aromatic carbocycles. The molecule has 7 nitrogen and oxygen atoms in total. The van der Waals surface area contributed by atoms with Crippen LogP contribution in [0, 0.1) is 0 Å². The van der Waals surface area contributed by atoms with E-state index in [2.05, 4.69) is 22.0 Å². The van der Waals surface area contributed by atoms with Gasteiger partial charge in [-0.1, -0.05) is 12.1 Å². The summed E-state index contributed by atoms with van der Waals surface area (Å²) in [4.78, 5) is 35.1. The fraction of sp³-hybridized carbons (Fsp3) is 0.476. The van der Waals surface area contributed by atoms with Gasteiger partial charge in [0.1, 0.15) is 5.75 Å². The number of rotatable bonds is 6. The number of ether oxygens (including phenoxy) is 1. The SMILES string of the molecule is COc1ccc(CN2CCN(C(=O)Cc3csc(N4CCCC4=O)n3)CC2)cc1. The molecule has 0 saturated carbocycles. The molecule has 1 aromatic heterocycles. The Hall–Kier alpha value is -2.45. The van der Waals surface area contributed by atoms with Crippen molar-refractivity contribution in [1.29, 1.82) is 0 Å². The van der Waals surface area contributed by atoms with Gasteiger partial charge < -0.3 is 9.64 Å². The van der Waals surface area contributed by atoms with Gasteiger partial charge in [0, 0.05) is 51.1 Å². The Morgan fingerprint density at radius 2 is 1.90 bits per heavy atom. The molecular weight excluding hydrogens is 388 g/mol. The standard InChI is InChI=1S/C21H26N4O3S/c1-28-18-6-4-16(5-7-18)14-23-9-11-24(12-10-23)20(27)13-17-15-29-21(22-17)25-8-2-3-19(25)26/h4-7,15H,2-3,8-14H2,1H3. The predicted molar refractivity (Wildman–Crippen MR) is 112 cm³/mol. The first kappa shape index (κ1) is 19.8. The molecule has 0 N–H and O–H groups in total. The molecular formula is C21H26N4O3S. The van der Waals surface area contributed by atoms with Crippen LogP contribution in [0.3, 0.4) is 0 Å². The lowest BCUT2D eigenvalue weighted by Crippen LogP contribution is -2.48. The molecule has 4 rings (SSSR count). The summed E-state index contributed by atoms with van der Waals surface area (Å²) in [5, 5.41) is 2.62. The molecule has 8 heteroatoms. The molecule has 2 amide bonds. The van der Waals surface area contributed by atoms with E-state index in [1.54, 1.807) is 12.0 Å². The van der Waals surface area contributed by atoms with Crippen molar-refractivity contribution < 1.29 is 14.3 Å². The summed E-state index contributed by atoms with van der Waals surface area (Å²) in [6.45, 7) is 4.80. The largest absolute Gasteiger partial charge is 0.497 e. The first-order valence-electron chi connectivity index (χ1n) is 10.0. The molecule has 0 aliphatic carbocycles. The normalized spacial score (nSPS) is 17.8. The van der Waals surface area contributed by atoms with Crippen LogP contribution in [0.2, 0.25) is 0 Å². The van der Waals surface area contributed by atoms with E-state index in [9.17, 15) is 9.59 Å². The number of hydrogen-bond acceptors (Lipinski definition) is 6. The number of carbonyl (C=O) groups is 2. The van der Waals surface area contributed by atoms with E-state index >= 15 is 0 Å². The maximum Gasteiger partial charge on any atom is 0.228 e. The van der Waals surface area contributed by atoms with E-state index in [0.29, 0.717) is 12.8 Å². The number of aromatic nitrogens is 1. The number of piperazine rings is 1. The number of carbonyl (C=O) groups excluding carboxylic acids is 2. The third-order valence-electron chi connectivity index (χ3n) is 5.47. The molecule has 2 aromatic rings. The molecule has 0 bridgehead atoms. The molecule has 0 spiro atoms. The highest BCUT2D eigenvalue weighted by Crippen LogP contribution is 2.25. The number of hydrogen-bond donors (Lipinski definition) is 0. The highest BCUT2D eigenvalue weighted by atomic mass is 32.1. The van der Waals surface area contributed by atoms with Crippen molar-refractivity contribution in [2.45, 2.75) is 25.8 Å². The van der Waals surface area contributed by atoms with Gasteiger partial charge in [0.15, 0.2) is 5.13 Å². The number of thiazole rings is 1. The Morgan fingerprint density at radius 1 is 1.14 bits per heavy atom. The molecule has 2 fully saturated rings. The van der Waals surface area contributed by atoms with Crippen molar-refractivity contribution in [2.24, 2.45) is 0 Å². The topological polar surface area (TPSA) is 66.0 Å². The number of amides is 2. The summed E-state index contributed by atoms with van der Waals surface area (Å²) in [7, 11) is 1.67. The molecule has 3 heterocycles. The second kappa shape index (κ2) is 8.92. The number of methoxy groups -OCH3 is 1. The summed E-state index contributed by atoms with van der Waals surface area (Å²) < 4.78 is 5.20. The molecule has 0 atom stereocenters. The number of anilines is 1. The third kappa shape index (κ3) is 4.76. The van der Waals surface area contributed by atoms with Gasteiger partial charge in [-0.2, -0.15) is 0 Å². The molecule has 0 radical (unpaired) electrons. The Bertz CT molecular complexity index is 859. The molecule has 29 heavy (non-hydrogen) atoms. The number of benzene rings is 1. The zero-order valence-electron chi connectivity index (χ0n) is 16.7. The van der Waals surface area contributed by atoms with Gasteiger partial charge in [-0.05, 0) is 24.1 Å². The lowest BCUT2D eigenvalue weighted by Gasteiger charge is -2.34. The zero-order valence-corrected chi connectivity index (χ0v) is 17.5. The van der Waals surface area contributed by atoms with Crippen LogP contribution in [0.4, 0.5) is 5.13 Å². The Labute approximate surface area is 174 Å². The van der Waals surface area contributed by atoms with Crippen molar-refractivity contribution in [3.05, 3.63) is 40.9 Å². The van der Waals surface area contributed by atoms with Crippen molar-refractivity contribution in [1.82, 2.24) is 14.8 Å². The summed E-state index contributed by atoms with van der Waals surface area (Å²) >= 11 is 1.45. The van der Waals surface area contributed by atoms with Gasteiger partial charge in [0.25, 0.3) is 0 Å². The monoisotopic (exact) mass is 414 g/mol. The van der Waals surface area contributed by atoms with Crippen LogP contribution in [0.5, 0.6) is 5.75 Å². The number of nitrogens with zero attached hydrogens (tertiary/aromatic N) is 4. The second-order valence-corrected chi connectivity index (χ2v) is 8.29. The fourth-order valence-electron chi connectivity index (χ4n) is 3.76. The first-order valence-corrected chi connectivity index (χ1v) is 10.9. The summed E-state index contributed by atoms with van der Waals surface area (Å²) in [6.07, 6.45) is 1.78. The minimum absolute atomic E-state index is 0.110. The van der Waals surface area contributed by atoms with Crippen LogP contribution in [0.15, 0.2) is 29.6 Å². The van der Waals surface area contributed by atoms with Gasteiger partial charge >= 0.3 is 0 Å². The van der Waals surface area contributed by atoms with Crippen molar-refractivity contribution in [3.63, 3.8) is 0 Å². The third-order valence-corrected chi connectivity index (χ3v) is 6.38. The van der Waals surface area contributed by atoms with E-state index in [-0.39, 0.29) is 11.8 Å². The Morgan fingerprint density at radius 3 is 2.55 bits per heavy atom. The van der Waals surface area contributed by atoms with E-state index in [1.807, 2.05) is 22.4 Å². The summed E-state index contributed by atoms with van der Waals surface area (Å²) in [5.41, 5.74) is 2.01. The van der Waals surface area contributed by atoms with Crippen molar-refractivity contribution in [2.75, 3.05) is 44.7 Å². The first-order chi connectivity index (χ1) is 14.1. The average Bonchev–Trinajstić information content (AvgIpc) is 3.37. The average molecular weight is 415 g/mol. The zero-order chi connectivity index (χ0) is 20.2. The highest BCUT2D eigenvalue weighted by Gasteiger charge is 2.26. The van der Waals surface area contributed by atoms with Gasteiger partial charge in [-0.3, -0.25) is 19.4 Å². The second-order valence-electron chi connectivity index (χ2n) is 7.45. The maximum atomic E-state index is 12.7. The molecule has 154 valence electrons. The van der Waals surface area contributed by atoms with E-state index in [0.717, 1.165) is 62.3 Å². The molecule has 2 saturated heterocycles. The van der Waals surface area contributed by atoms with Gasteiger partial charge in [-0.25, -0.2) is 4.98 Å². The van der Waals surface area contributed by atoms with E-state index in [1.165, 1.54) is 16.9 Å². The van der Waals surface area contributed by atoms with Crippen LogP contribution in [0.25, 0.3) is 0 Å². The van der Waals surface area contributed by atoms with Gasteiger partial charge in [0.05, 0.1) is 19.2 Å². The summed E-state index contributed by atoms with van der Waals surface area (Å²) in [5.74, 6) is 1.10. The fourth-order valence-corrected chi connectivity index (χ4v) is 4.63. The minimum Gasteiger partial charge on any atom is -0.497 e. The highest BCUT2D eigenvalue weighted by molar-refractivity contribution is 7.14. The smallest absolute Gasteiger partial charge is 0.228 e.